The molecule has 6 heteroatoms. The summed E-state index contributed by atoms with van der Waals surface area (Å²) in [6.07, 6.45) is 0. The van der Waals surface area contributed by atoms with E-state index in [9.17, 15) is 10.1 Å². The summed E-state index contributed by atoms with van der Waals surface area (Å²) in [6, 6.07) is 10.7. The molecular formula is C13H11ClN2O2S. The van der Waals surface area contributed by atoms with Crippen LogP contribution in [0.25, 0.3) is 0 Å². The Kier molecular flexibility index (Phi) is 4.39. The van der Waals surface area contributed by atoms with Crippen molar-refractivity contribution in [1.29, 1.82) is 0 Å². The van der Waals surface area contributed by atoms with Gasteiger partial charge in [0, 0.05) is 21.7 Å². The minimum atomic E-state index is -0.418. The molecule has 0 fully saturated rings. The van der Waals surface area contributed by atoms with Gasteiger partial charge in [0.05, 0.1) is 10.6 Å². The highest BCUT2D eigenvalue weighted by molar-refractivity contribution is 7.98. The maximum absolute atomic E-state index is 10.7. The summed E-state index contributed by atoms with van der Waals surface area (Å²) < 4.78 is 0. The van der Waals surface area contributed by atoms with E-state index in [1.54, 1.807) is 24.8 Å². The van der Waals surface area contributed by atoms with Gasteiger partial charge in [-0.1, -0.05) is 11.6 Å². The van der Waals surface area contributed by atoms with Gasteiger partial charge in [-0.2, -0.15) is 0 Å². The smallest absolute Gasteiger partial charge is 0.258 e. The van der Waals surface area contributed by atoms with E-state index in [1.165, 1.54) is 6.07 Å². The van der Waals surface area contributed by atoms with Gasteiger partial charge in [0.1, 0.15) is 5.69 Å². The molecule has 4 nitrogen and oxygen atoms in total. The quantitative estimate of drug-likeness (QED) is 0.481. The summed E-state index contributed by atoms with van der Waals surface area (Å²) >= 11 is 7.43. The van der Waals surface area contributed by atoms with Crippen LogP contribution in [0, 0.1) is 17.0 Å². The summed E-state index contributed by atoms with van der Waals surface area (Å²) in [5.41, 5.74) is 1.32. The Hall–Kier alpha value is -1.59. The largest absolute Gasteiger partial charge is 0.290 e. The standard InChI is InChI=1S/C13H11ClN2O2S/c1-9-13(16(17)18)7-4-11(15-9)8-19-12-5-2-10(14)3-6-12/h2-7H,8H2,1H3. The zero-order valence-corrected chi connectivity index (χ0v) is 11.7. The van der Waals surface area contributed by atoms with Crippen LogP contribution in [-0.2, 0) is 5.75 Å². The minimum Gasteiger partial charge on any atom is -0.258 e. The van der Waals surface area contributed by atoms with Crippen molar-refractivity contribution < 1.29 is 4.92 Å². The molecule has 0 aliphatic rings. The van der Waals surface area contributed by atoms with Gasteiger partial charge in [0.15, 0.2) is 0 Å². The molecule has 0 spiro atoms. The van der Waals surface area contributed by atoms with Gasteiger partial charge in [-0.25, -0.2) is 0 Å². The van der Waals surface area contributed by atoms with Crippen LogP contribution in [0.5, 0.6) is 0 Å². The lowest BCUT2D eigenvalue weighted by Gasteiger charge is -2.03. The SMILES string of the molecule is Cc1nc(CSc2ccc(Cl)cc2)ccc1[N+](=O)[O-]. The molecule has 0 saturated heterocycles. The number of pyridine rings is 1. The van der Waals surface area contributed by atoms with Crippen molar-refractivity contribution in [3.05, 3.63) is 62.9 Å². The molecule has 2 rings (SSSR count). The number of hydrogen-bond donors (Lipinski definition) is 0. The highest BCUT2D eigenvalue weighted by Gasteiger charge is 2.11. The summed E-state index contributed by atoms with van der Waals surface area (Å²) in [7, 11) is 0. The monoisotopic (exact) mass is 294 g/mol. The fraction of sp³-hybridized carbons (Fsp3) is 0.154. The van der Waals surface area contributed by atoms with Crippen LogP contribution in [0.3, 0.4) is 0 Å². The van der Waals surface area contributed by atoms with Crippen molar-refractivity contribution >= 4 is 29.1 Å². The Bertz CT molecular complexity index is 602. The van der Waals surface area contributed by atoms with Crippen molar-refractivity contribution in [3.63, 3.8) is 0 Å². The third-order valence-corrected chi connectivity index (χ3v) is 3.81. The molecule has 1 aromatic carbocycles. The van der Waals surface area contributed by atoms with E-state index in [0.29, 0.717) is 16.5 Å². The molecule has 98 valence electrons. The number of benzene rings is 1. The Morgan fingerprint density at radius 2 is 1.95 bits per heavy atom. The Morgan fingerprint density at radius 3 is 2.53 bits per heavy atom. The molecule has 0 aliphatic heterocycles. The van der Waals surface area contributed by atoms with Crippen LogP contribution in [0.15, 0.2) is 41.3 Å². The third-order valence-electron chi connectivity index (χ3n) is 2.51. The second-order valence-corrected chi connectivity index (χ2v) is 5.39. The molecule has 0 radical (unpaired) electrons. The topological polar surface area (TPSA) is 56.0 Å². The highest BCUT2D eigenvalue weighted by atomic mass is 35.5. The average molecular weight is 295 g/mol. The first-order chi connectivity index (χ1) is 9.06. The molecule has 0 N–H and O–H groups in total. The molecule has 0 atom stereocenters. The van der Waals surface area contributed by atoms with Crippen LogP contribution >= 0.6 is 23.4 Å². The lowest BCUT2D eigenvalue weighted by molar-refractivity contribution is -0.385. The number of aromatic nitrogens is 1. The molecule has 0 amide bonds. The third kappa shape index (κ3) is 3.68. The van der Waals surface area contributed by atoms with Crippen LogP contribution < -0.4 is 0 Å². The molecule has 0 aliphatic carbocycles. The van der Waals surface area contributed by atoms with E-state index >= 15 is 0 Å². The van der Waals surface area contributed by atoms with Crippen LogP contribution in [-0.4, -0.2) is 9.91 Å². The van der Waals surface area contributed by atoms with Gasteiger partial charge in [-0.3, -0.25) is 15.1 Å². The first kappa shape index (κ1) is 13.8. The summed E-state index contributed by atoms with van der Waals surface area (Å²) in [5, 5.41) is 11.4. The zero-order chi connectivity index (χ0) is 13.8. The van der Waals surface area contributed by atoms with Crippen molar-refractivity contribution in [3.8, 4) is 0 Å². The van der Waals surface area contributed by atoms with Crippen LogP contribution in [0.4, 0.5) is 5.69 Å². The number of halogens is 1. The maximum atomic E-state index is 10.7. The molecule has 2 aromatic rings. The molecule has 0 bridgehead atoms. The molecular weight excluding hydrogens is 284 g/mol. The second kappa shape index (κ2) is 6.04. The van der Waals surface area contributed by atoms with Crippen molar-refractivity contribution in [2.24, 2.45) is 0 Å². The fourth-order valence-electron chi connectivity index (χ4n) is 1.57. The number of nitrogens with zero attached hydrogens (tertiary/aromatic N) is 2. The number of aryl methyl sites for hydroxylation is 1. The summed E-state index contributed by atoms with van der Waals surface area (Å²) in [4.78, 5) is 15.6. The Labute approximate surface area is 120 Å². The molecule has 1 aromatic heterocycles. The fourth-order valence-corrected chi connectivity index (χ4v) is 2.50. The van der Waals surface area contributed by atoms with E-state index < -0.39 is 4.92 Å². The van der Waals surface area contributed by atoms with Crippen LogP contribution in [0.2, 0.25) is 5.02 Å². The Balaban J connectivity index is 2.06. The lowest BCUT2D eigenvalue weighted by Crippen LogP contribution is -1.97. The van der Waals surface area contributed by atoms with Crippen LogP contribution in [0.1, 0.15) is 11.4 Å². The van der Waals surface area contributed by atoms with Gasteiger partial charge < -0.3 is 0 Å². The summed E-state index contributed by atoms with van der Waals surface area (Å²) in [6.45, 7) is 1.65. The number of hydrogen-bond acceptors (Lipinski definition) is 4. The molecule has 1 heterocycles. The predicted molar refractivity (Wildman–Crippen MR) is 76.6 cm³/mol. The molecule has 0 unspecified atom stereocenters. The Morgan fingerprint density at radius 1 is 1.26 bits per heavy atom. The first-order valence-electron chi connectivity index (χ1n) is 5.55. The second-order valence-electron chi connectivity index (χ2n) is 3.91. The van der Waals surface area contributed by atoms with E-state index in [1.807, 2.05) is 24.3 Å². The summed E-state index contributed by atoms with van der Waals surface area (Å²) in [5.74, 6) is 0.667. The minimum absolute atomic E-state index is 0.0558. The predicted octanol–water partition coefficient (Wildman–Crippen LogP) is 4.24. The lowest BCUT2D eigenvalue weighted by atomic mass is 10.3. The number of rotatable bonds is 4. The normalized spacial score (nSPS) is 10.4. The number of nitro groups is 1. The first-order valence-corrected chi connectivity index (χ1v) is 6.92. The average Bonchev–Trinajstić information content (AvgIpc) is 2.37. The van der Waals surface area contributed by atoms with Crippen molar-refractivity contribution in [1.82, 2.24) is 4.98 Å². The highest BCUT2D eigenvalue weighted by Crippen LogP contribution is 2.25. The van der Waals surface area contributed by atoms with Gasteiger partial charge in [-0.15, -0.1) is 11.8 Å². The van der Waals surface area contributed by atoms with Gasteiger partial charge >= 0.3 is 0 Å². The molecule has 0 saturated carbocycles. The van der Waals surface area contributed by atoms with Gasteiger partial charge in [-0.05, 0) is 37.3 Å². The van der Waals surface area contributed by atoms with E-state index in [2.05, 4.69) is 4.98 Å². The maximum Gasteiger partial charge on any atom is 0.290 e. The zero-order valence-electron chi connectivity index (χ0n) is 10.2. The van der Waals surface area contributed by atoms with Gasteiger partial charge in [0.25, 0.3) is 5.69 Å². The van der Waals surface area contributed by atoms with E-state index in [4.69, 9.17) is 11.6 Å². The van der Waals surface area contributed by atoms with E-state index in [-0.39, 0.29) is 5.69 Å². The van der Waals surface area contributed by atoms with Crippen molar-refractivity contribution in [2.45, 2.75) is 17.6 Å². The van der Waals surface area contributed by atoms with E-state index in [0.717, 1.165) is 10.6 Å². The number of thioether (sulfide) groups is 1. The molecule has 19 heavy (non-hydrogen) atoms. The van der Waals surface area contributed by atoms with Gasteiger partial charge in [0.2, 0.25) is 0 Å². The van der Waals surface area contributed by atoms with Crippen molar-refractivity contribution in [2.75, 3.05) is 0 Å².